The number of benzene rings is 1. The number of carbonyl (C=O) groups is 3. The molecule has 0 radical (unpaired) electrons. The van der Waals surface area contributed by atoms with Gasteiger partial charge >= 0.3 is 5.97 Å². The van der Waals surface area contributed by atoms with Crippen LogP contribution in [0.1, 0.15) is 43.7 Å². The molecule has 1 aromatic rings. The summed E-state index contributed by atoms with van der Waals surface area (Å²) in [6.45, 7) is 4.45. The van der Waals surface area contributed by atoms with Crippen LogP contribution in [0.4, 0.5) is 0 Å². The Kier molecular flexibility index (Phi) is 6.35. The highest BCUT2D eigenvalue weighted by molar-refractivity contribution is 5.89. The van der Waals surface area contributed by atoms with Gasteiger partial charge in [0, 0.05) is 13.0 Å². The van der Waals surface area contributed by atoms with Gasteiger partial charge in [0.05, 0.1) is 0 Å². The smallest absolute Gasteiger partial charge is 0.329 e. The Balaban J connectivity index is 1.64. The van der Waals surface area contributed by atoms with Crippen LogP contribution in [0.2, 0.25) is 0 Å². The van der Waals surface area contributed by atoms with Gasteiger partial charge in [0.2, 0.25) is 5.91 Å². The van der Waals surface area contributed by atoms with Gasteiger partial charge < -0.3 is 15.4 Å². The van der Waals surface area contributed by atoms with Gasteiger partial charge in [0.15, 0.2) is 6.61 Å². The second-order valence-electron chi connectivity index (χ2n) is 6.26. The normalized spacial score (nSPS) is 16.8. The van der Waals surface area contributed by atoms with Crippen LogP contribution in [0.15, 0.2) is 24.3 Å². The molecule has 0 spiro atoms. The van der Waals surface area contributed by atoms with Crippen LogP contribution < -0.4 is 10.6 Å². The summed E-state index contributed by atoms with van der Waals surface area (Å²) in [6.07, 6.45) is 1.46. The van der Waals surface area contributed by atoms with Gasteiger partial charge in [-0.25, -0.2) is 4.79 Å². The minimum Gasteiger partial charge on any atom is -0.454 e. The van der Waals surface area contributed by atoms with E-state index in [1.54, 1.807) is 0 Å². The monoisotopic (exact) mass is 332 g/mol. The summed E-state index contributed by atoms with van der Waals surface area (Å²) in [5, 5.41) is 5.23. The first-order chi connectivity index (χ1) is 11.5. The third-order valence-corrected chi connectivity index (χ3v) is 4.01. The molecule has 2 rings (SSSR count). The Hall–Kier alpha value is -2.37. The molecule has 2 N–H and O–H groups in total. The highest BCUT2D eigenvalue weighted by Gasteiger charge is 2.28. The van der Waals surface area contributed by atoms with E-state index in [4.69, 9.17) is 4.74 Å². The predicted molar refractivity (Wildman–Crippen MR) is 89.4 cm³/mol. The predicted octanol–water partition coefficient (Wildman–Crippen LogP) is 1.29. The molecule has 6 heteroatoms. The molecule has 1 atom stereocenters. The van der Waals surface area contributed by atoms with Crippen LogP contribution >= 0.6 is 0 Å². The van der Waals surface area contributed by atoms with E-state index in [-0.39, 0.29) is 18.4 Å². The fourth-order valence-corrected chi connectivity index (χ4v) is 2.49. The Morgan fingerprint density at radius 1 is 1.29 bits per heavy atom. The SMILES string of the molecule is CC(C)c1ccc(CCNC(=O)COC(=O)[C@H]2CCC(=O)N2)cc1. The topological polar surface area (TPSA) is 84.5 Å². The maximum absolute atomic E-state index is 11.7. The van der Waals surface area contributed by atoms with Crippen molar-refractivity contribution in [2.45, 2.75) is 45.1 Å². The molecule has 24 heavy (non-hydrogen) atoms. The average Bonchev–Trinajstić information content (AvgIpc) is 2.99. The number of hydrogen-bond donors (Lipinski definition) is 2. The van der Waals surface area contributed by atoms with E-state index in [0.717, 1.165) is 12.0 Å². The largest absolute Gasteiger partial charge is 0.454 e. The van der Waals surface area contributed by atoms with E-state index in [2.05, 4.69) is 48.7 Å². The Morgan fingerprint density at radius 3 is 2.58 bits per heavy atom. The second-order valence-corrected chi connectivity index (χ2v) is 6.26. The fraction of sp³-hybridized carbons (Fsp3) is 0.500. The number of rotatable bonds is 7. The molecule has 1 saturated heterocycles. The average molecular weight is 332 g/mol. The highest BCUT2D eigenvalue weighted by Crippen LogP contribution is 2.14. The standard InChI is InChI=1S/C18H24N2O4/c1-12(2)14-5-3-13(4-6-14)9-10-19-17(22)11-24-18(23)15-7-8-16(21)20-15/h3-6,12,15H,7-11H2,1-2H3,(H,19,22)(H,20,21)/t15-/m1/s1. The van der Waals surface area contributed by atoms with Crippen molar-refractivity contribution in [2.75, 3.05) is 13.2 Å². The van der Waals surface area contributed by atoms with Gasteiger partial charge in [0.25, 0.3) is 5.91 Å². The molecular weight excluding hydrogens is 308 g/mol. The first-order valence-corrected chi connectivity index (χ1v) is 8.27. The van der Waals surface area contributed by atoms with E-state index < -0.39 is 12.0 Å². The maximum Gasteiger partial charge on any atom is 0.329 e. The third kappa shape index (κ3) is 5.37. The van der Waals surface area contributed by atoms with Crippen LogP contribution in [0.5, 0.6) is 0 Å². The van der Waals surface area contributed by atoms with Crippen molar-refractivity contribution in [3.8, 4) is 0 Å². The van der Waals surface area contributed by atoms with Gasteiger partial charge in [0.1, 0.15) is 6.04 Å². The number of nitrogens with one attached hydrogen (secondary N) is 2. The van der Waals surface area contributed by atoms with Crippen molar-refractivity contribution >= 4 is 17.8 Å². The van der Waals surface area contributed by atoms with Crippen molar-refractivity contribution in [1.29, 1.82) is 0 Å². The van der Waals surface area contributed by atoms with E-state index in [1.807, 2.05) is 0 Å². The quantitative estimate of drug-likeness (QED) is 0.737. The van der Waals surface area contributed by atoms with Crippen molar-refractivity contribution in [3.05, 3.63) is 35.4 Å². The molecule has 1 aromatic carbocycles. The number of amides is 2. The molecule has 0 bridgehead atoms. The van der Waals surface area contributed by atoms with Crippen LogP contribution in [0, 0.1) is 0 Å². The Morgan fingerprint density at radius 2 is 2.00 bits per heavy atom. The molecule has 1 heterocycles. The summed E-state index contributed by atoms with van der Waals surface area (Å²) in [6, 6.07) is 7.69. The molecule has 1 aliphatic rings. The zero-order chi connectivity index (χ0) is 17.5. The molecule has 0 aliphatic carbocycles. The lowest BCUT2D eigenvalue weighted by Crippen LogP contribution is -2.37. The van der Waals surface area contributed by atoms with E-state index in [9.17, 15) is 14.4 Å². The van der Waals surface area contributed by atoms with Gasteiger partial charge in [-0.1, -0.05) is 38.1 Å². The summed E-state index contributed by atoms with van der Waals surface area (Å²) in [5.74, 6) is -0.560. The first-order valence-electron chi connectivity index (χ1n) is 8.27. The van der Waals surface area contributed by atoms with E-state index in [1.165, 1.54) is 5.56 Å². The Bertz CT molecular complexity index is 596. The zero-order valence-electron chi connectivity index (χ0n) is 14.1. The van der Waals surface area contributed by atoms with E-state index in [0.29, 0.717) is 25.3 Å². The van der Waals surface area contributed by atoms with Crippen molar-refractivity contribution in [3.63, 3.8) is 0 Å². The zero-order valence-corrected chi connectivity index (χ0v) is 14.1. The van der Waals surface area contributed by atoms with Crippen LogP contribution in [-0.4, -0.2) is 37.0 Å². The molecule has 130 valence electrons. The minimum atomic E-state index is -0.621. The van der Waals surface area contributed by atoms with Crippen LogP contribution in [0.3, 0.4) is 0 Å². The minimum absolute atomic E-state index is 0.162. The first kappa shape index (κ1) is 18.0. The number of hydrogen-bond acceptors (Lipinski definition) is 4. The number of esters is 1. The number of carbonyl (C=O) groups excluding carboxylic acids is 3. The number of ether oxygens (including phenoxy) is 1. The second kappa shape index (κ2) is 8.47. The van der Waals surface area contributed by atoms with Gasteiger partial charge in [-0.3, -0.25) is 9.59 Å². The van der Waals surface area contributed by atoms with Crippen LogP contribution in [-0.2, 0) is 25.5 Å². The molecular formula is C18H24N2O4. The molecule has 1 aliphatic heterocycles. The summed E-state index contributed by atoms with van der Waals surface area (Å²) in [5.41, 5.74) is 2.43. The molecule has 6 nitrogen and oxygen atoms in total. The van der Waals surface area contributed by atoms with Crippen molar-refractivity contribution < 1.29 is 19.1 Å². The lowest BCUT2D eigenvalue weighted by atomic mass is 10.0. The molecule has 0 saturated carbocycles. The van der Waals surface area contributed by atoms with Gasteiger partial charge in [-0.2, -0.15) is 0 Å². The summed E-state index contributed by atoms with van der Waals surface area (Å²) >= 11 is 0. The van der Waals surface area contributed by atoms with Crippen LogP contribution in [0.25, 0.3) is 0 Å². The summed E-state index contributed by atoms with van der Waals surface area (Å²) < 4.78 is 4.92. The molecule has 0 aromatic heterocycles. The van der Waals surface area contributed by atoms with E-state index >= 15 is 0 Å². The fourth-order valence-electron chi connectivity index (χ4n) is 2.49. The van der Waals surface area contributed by atoms with Gasteiger partial charge in [-0.05, 0) is 29.9 Å². The summed E-state index contributed by atoms with van der Waals surface area (Å²) in [4.78, 5) is 34.4. The molecule has 2 amide bonds. The molecule has 1 fully saturated rings. The maximum atomic E-state index is 11.7. The van der Waals surface area contributed by atoms with Gasteiger partial charge in [-0.15, -0.1) is 0 Å². The Labute approximate surface area is 142 Å². The third-order valence-electron chi connectivity index (χ3n) is 4.01. The lowest BCUT2D eigenvalue weighted by molar-refractivity contribution is -0.150. The van der Waals surface area contributed by atoms with Crippen molar-refractivity contribution in [2.24, 2.45) is 0 Å². The summed E-state index contributed by atoms with van der Waals surface area (Å²) in [7, 11) is 0. The lowest BCUT2D eigenvalue weighted by Gasteiger charge is -2.10. The van der Waals surface area contributed by atoms with Crippen molar-refractivity contribution in [1.82, 2.24) is 10.6 Å². The highest BCUT2D eigenvalue weighted by atomic mass is 16.5. The molecule has 0 unspecified atom stereocenters.